The molecule has 0 saturated heterocycles. The third-order valence-electron chi connectivity index (χ3n) is 5.35. The van der Waals surface area contributed by atoms with Crippen LogP contribution >= 0.6 is 0 Å². The normalized spacial score (nSPS) is 13.4. The van der Waals surface area contributed by atoms with Crippen LogP contribution in [0.2, 0.25) is 0 Å². The highest BCUT2D eigenvalue weighted by molar-refractivity contribution is 5.90. The SMILES string of the molecule is Cc1noc(C)c1C(C)Nc1nc(NC(C)c2c(C)noc2C)c2ccccc2n1. The summed E-state index contributed by atoms with van der Waals surface area (Å²) in [7, 11) is 0. The molecule has 30 heavy (non-hydrogen) atoms. The summed E-state index contributed by atoms with van der Waals surface area (Å²) in [6.07, 6.45) is 0. The molecule has 3 aromatic heterocycles. The maximum absolute atomic E-state index is 5.33. The minimum absolute atomic E-state index is 0.0256. The molecular weight excluding hydrogens is 380 g/mol. The first kappa shape index (κ1) is 19.9. The Balaban J connectivity index is 1.69. The molecule has 1 aromatic carbocycles. The lowest BCUT2D eigenvalue weighted by Crippen LogP contribution is -2.14. The van der Waals surface area contributed by atoms with Crippen LogP contribution in [0.3, 0.4) is 0 Å². The molecule has 2 atom stereocenters. The third-order valence-corrected chi connectivity index (χ3v) is 5.35. The van der Waals surface area contributed by atoms with Crippen LogP contribution in [-0.4, -0.2) is 20.3 Å². The highest BCUT2D eigenvalue weighted by Gasteiger charge is 2.20. The molecule has 8 nitrogen and oxygen atoms in total. The van der Waals surface area contributed by atoms with E-state index in [-0.39, 0.29) is 12.1 Å². The molecule has 0 amide bonds. The summed E-state index contributed by atoms with van der Waals surface area (Å²) in [6.45, 7) is 11.8. The molecular formula is C22H26N6O2. The standard InChI is InChI=1S/C22H26N6O2/c1-11(19-13(3)27-29-15(19)5)23-21-17-9-7-8-10-18(17)25-22(26-21)24-12(2)20-14(4)28-30-16(20)6/h7-12H,1-6H3,(H2,23,24,25,26). The van der Waals surface area contributed by atoms with Gasteiger partial charge >= 0.3 is 0 Å². The van der Waals surface area contributed by atoms with E-state index in [1.54, 1.807) is 0 Å². The molecule has 0 aliphatic rings. The maximum atomic E-state index is 5.33. The van der Waals surface area contributed by atoms with Gasteiger partial charge in [-0.15, -0.1) is 0 Å². The monoisotopic (exact) mass is 406 g/mol. The van der Waals surface area contributed by atoms with Crippen LogP contribution in [0.15, 0.2) is 33.3 Å². The Morgan fingerprint density at radius 2 is 1.33 bits per heavy atom. The van der Waals surface area contributed by atoms with Crippen molar-refractivity contribution in [3.63, 3.8) is 0 Å². The lowest BCUT2D eigenvalue weighted by atomic mass is 10.1. The number of aryl methyl sites for hydroxylation is 4. The number of rotatable bonds is 6. The predicted molar refractivity (Wildman–Crippen MR) is 116 cm³/mol. The lowest BCUT2D eigenvalue weighted by molar-refractivity contribution is 0.391. The van der Waals surface area contributed by atoms with E-state index in [1.165, 1.54) is 0 Å². The molecule has 0 fully saturated rings. The molecule has 4 rings (SSSR count). The first-order chi connectivity index (χ1) is 14.3. The highest BCUT2D eigenvalue weighted by atomic mass is 16.5. The van der Waals surface area contributed by atoms with Crippen LogP contribution in [-0.2, 0) is 0 Å². The molecule has 0 bridgehead atoms. The van der Waals surface area contributed by atoms with E-state index < -0.39 is 0 Å². The second kappa shape index (κ2) is 7.78. The number of hydrogen-bond acceptors (Lipinski definition) is 8. The number of nitrogens with zero attached hydrogens (tertiary/aromatic N) is 4. The number of benzene rings is 1. The van der Waals surface area contributed by atoms with Crippen molar-refractivity contribution in [2.75, 3.05) is 10.6 Å². The number of para-hydroxylation sites is 1. The summed E-state index contributed by atoms with van der Waals surface area (Å²) in [5.74, 6) is 2.88. The summed E-state index contributed by atoms with van der Waals surface area (Å²) in [6, 6.07) is 7.87. The second-order valence-electron chi connectivity index (χ2n) is 7.62. The van der Waals surface area contributed by atoms with Gasteiger partial charge < -0.3 is 19.7 Å². The minimum atomic E-state index is -0.0507. The Hall–Kier alpha value is -3.42. The molecule has 0 radical (unpaired) electrons. The van der Waals surface area contributed by atoms with Gasteiger partial charge in [0.2, 0.25) is 5.95 Å². The number of aromatic nitrogens is 4. The topological polar surface area (TPSA) is 102 Å². The van der Waals surface area contributed by atoms with Crippen molar-refractivity contribution < 1.29 is 9.05 Å². The van der Waals surface area contributed by atoms with Gasteiger partial charge in [-0.05, 0) is 53.7 Å². The number of hydrogen-bond donors (Lipinski definition) is 2. The van der Waals surface area contributed by atoms with Crippen molar-refractivity contribution in [1.82, 2.24) is 20.3 Å². The van der Waals surface area contributed by atoms with E-state index >= 15 is 0 Å². The molecule has 0 aliphatic carbocycles. The molecule has 0 aliphatic heterocycles. The van der Waals surface area contributed by atoms with Gasteiger partial charge in [-0.2, -0.15) is 4.98 Å². The first-order valence-corrected chi connectivity index (χ1v) is 10.0. The van der Waals surface area contributed by atoms with Crippen molar-refractivity contribution in [3.8, 4) is 0 Å². The molecule has 156 valence electrons. The second-order valence-corrected chi connectivity index (χ2v) is 7.62. The average Bonchev–Trinajstić information content (AvgIpc) is 3.22. The fourth-order valence-corrected chi connectivity index (χ4v) is 4.01. The molecule has 8 heteroatoms. The predicted octanol–water partition coefficient (Wildman–Crippen LogP) is 5.19. The van der Waals surface area contributed by atoms with Gasteiger partial charge in [0.25, 0.3) is 0 Å². The van der Waals surface area contributed by atoms with Gasteiger partial charge in [0.15, 0.2) is 0 Å². The van der Waals surface area contributed by atoms with Crippen LogP contribution in [0.1, 0.15) is 60.0 Å². The lowest BCUT2D eigenvalue weighted by Gasteiger charge is -2.19. The van der Waals surface area contributed by atoms with Gasteiger partial charge in [-0.3, -0.25) is 0 Å². The molecule has 3 heterocycles. The van der Waals surface area contributed by atoms with Gasteiger partial charge in [-0.25, -0.2) is 4.98 Å². The van der Waals surface area contributed by atoms with E-state index in [1.807, 2.05) is 58.9 Å². The summed E-state index contributed by atoms with van der Waals surface area (Å²) >= 11 is 0. The fourth-order valence-electron chi connectivity index (χ4n) is 4.01. The highest BCUT2D eigenvalue weighted by Crippen LogP contribution is 2.30. The average molecular weight is 406 g/mol. The Bertz CT molecular complexity index is 1160. The van der Waals surface area contributed by atoms with Gasteiger partial charge in [0, 0.05) is 16.5 Å². The molecule has 2 unspecified atom stereocenters. The number of anilines is 2. The van der Waals surface area contributed by atoms with E-state index in [9.17, 15) is 0 Å². The summed E-state index contributed by atoms with van der Waals surface area (Å²) in [5.41, 5.74) is 4.64. The zero-order valence-corrected chi connectivity index (χ0v) is 18.1. The number of nitrogens with one attached hydrogen (secondary N) is 2. The molecule has 4 aromatic rings. The van der Waals surface area contributed by atoms with E-state index in [0.717, 1.165) is 50.8 Å². The number of fused-ring (bicyclic) bond motifs is 1. The van der Waals surface area contributed by atoms with Crippen LogP contribution in [0, 0.1) is 27.7 Å². The Kier molecular flexibility index (Phi) is 5.15. The van der Waals surface area contributed by atoms with Gasteiger partial charge in [0.05, 0.1) is 29.0 Å². The van der Waals surface area contributed by atoms with Crippen LogP contribution in [0.25, 0.3) is 10.9 Å². The van der Waals surface area contributed by atoms with E-state index in [2.05, 4.69) is 27.9 Å². The summed E-state index contributed by atoms with van der Waals surface area (Å²) in [5, 5.41) is 16.0. The fraction of sp³-hybridized carbons (Fsp3) is 0.364. The first-order valence-electron chi connectivity index (χ1n) is 10.0. The smallest absolute Gasteiger partial charge is 0.225 e. The molecule has 2 N–H and O–H groups in total. The van der Waals surface area contributed by atoms with Crippen molar-refractivity contribution in [1.29, 1.82) is 0 Å². The van der Waals surface area contributed by atoms with Gasteiger partial charge in [0.1, 0.15) is 17.3 Å². The largest absolute Gasteiger partial charge is 0.363 e. The van der Waals surface area contributed by atoms with Crippen LogP contribution in [0.5, 0.6) is 0 Å². The molecule has 0 saturated carbocycles. The minimum Gasteiger partial charge on any atom is -0.363 e. The van der Waals surface area contributed by atoms with Crippen molar-refractivity contribution in [3.05, 3.63) is 58.3 Å². The van der Waals surface area contributed by atoms with Crippen LogP contribution in [0.4, 0.5) is 11.8 Å². The summed E-state index contributed by atoms with van der Waals surface area (Å²) in [4.78, 5) is 9.49. The zero-order valence-electron chi connectivity index (χ0n) is 18.1. The molecule has 0 spiro atoms. The Morgan fingerprint density at radius 1 is 0.767 bits per heavy atom. The Labute approximate surface area is 175 Å². The van der Waals surface area contributed by atoms with Crippen molar-refractivity contribution in [2.45, 2.75) is 53.6 Å². The van der Waals surface area contributed by atoms with Gasteiger partial charge in [-0.1, -0.05) is 22.4 Å². The van der Waals surface area contributed by atoms with Crippen molar-refractivity contribution in [2.24, 2.45) is 0 Å². The van der Waals surface area contributed by atoms with E-state index in [4.69, 9.17) is 19.0 Å². The zero-order chi connectivity index (χ0) is 21.4. The maximum Gasteiger partial charge on any atom is 0.225 e. The summed E-state index contributed by atoms with van der Waals surface area (Å²) < 4.78 is 10.6. The van der Waals surface area contributed by atoms with E-state index in [0.29, 0.717) is 5.95 Å². The van der Waals surface area contributed by atoms with Crippen molar-refractivity contribution >= 4 is 22.7 Å². The van der Waals surface area contributed by atoms with Crippen LogP contribution < -0.4 is 10.6 Å². The Morgan fingerprint density at radius 3 is 1.90 bits per heavy atom. The third kappa shape index (κ3) is 3.60. The quantitative estimate of drug-likeness (QED) is 0.451.